The largest absolute Gasteiger partial charge is 0.335 e. The minimum atomic E-state index is 0.997. The van der Waals surface area contributed by atoms with Crippen LogP contribution in [0.4, 0.5) is 0 Å². The maximum atomic E-state index is 4.25. The number of aromatic nitrogens is 2. The Hall–Kier alpha value is -0.830. The van der Waals surface area contributed by atoms with Crippen molar-refractivity contribution >= 4 is 0 Å². The van der Waals surface area contributed by atoms with E-state index in [4.69, 9.17) is 0 Å². The molecule has 11 heavy (non-hydrogen) atoms. The maximum absolute atomic E-state index is 4.25. The lowest BCUT2D eigenvalue weighted by atomic mass is 10.4. The summed E-state index contributed by atoms with van der Waals surface area (Å²) in [6.07, 6.45) is 4.89. The van der Waals surface area contributed by atoms with E-state index < -0.39 is 0 Å². The van der Waals surface area contributed by atoms with Gasteiger partial charge in [-0.1, -0.05) is 0 Å². The van der Waals surface area contributed by atoms with E-state index in [-0.39, 0.29) is 0 Å². The van der Waals surface area contributed by atoms with E-state index in [1.165, 1.54) is 5.82 Å². The average molecular weight is 153 g/mol. The Balaban J connectivity index is 2.54. The van der Waals surface area contributed by atoms with Gasteiger partial charge in [0.1, 0.15) is 5.82 Å². The van der Waals surface area contributed by atoms with Crippen molar-refractivity contribution in [1.29, 1.82) is 0 Å². The monoisotopic (exact) mass is 153 g/mol. The molecule has 1 N–H and O–H groups in total. The van der Waals surface area contributed by atoms with Crippen LogP contribution in [-0.2, 0) is 13.0 Å². The molecular weight excluding hydrogens is 138 g/mol. The second-order valence-electron chi connectivity index (χ2n) is 2.48. The van der Waals surface area contributed by atoms with Gasteiger partial charge >= 0.3 is 0 Å². The molecule has 0 spiro atoms. The first-order chi connectivity index (χ1) is 5.38. The Bertz CT molecular complexity index is 205. The maximum Gasteiger partial charge on any atom is 0.109 e. The van der Waals surface area contributed by atoms with E-state index in [9.17, 15) is 0 Å². The molecule has 0 atom stereocenters. The lowest BCUT2D eigenvalue weighted by molar-refractivity contribution is 0.668. The van der Waals surface area contributed by atoms with Crippen molar-refractivity contribution in [3.63, 3.8) is 0 Å². The van der Waals surface area contributed by atoms with E-state index in [2.05, 4.69) is 21.8 Å². The van der Waals surface area contributed by atoms with Gasteiger partial charge < -0.3 is 9.88 Å². The molecule has 3 heteroatoms. The molecule has 0 aliphatic rings. The third-order valence-electron chi connectivity index (χ3n) is 1.74. The summed E-state index contributed by atoms with van der Waals surface area (Å²) in [7, 11) is 1.96. The first-order valence-corrected chi connectivity index (χ1v) is 4.03. The summed E-state index contributed by atoms with van der Waals surface area (Å²) in [5.74, 6) is 1.17. The molecule has 0 aromatic carbocycles. The zero-order chi connectivity index (χ0) is 8.10. The van der Waals surface area contributed by atoms with Crippen molar-refractivity contribution in [3.05, 3.63) is 18.2 Å². The highest BCUT2D eigenvalue weighted by atomic mass is 15.1. The Morgan fingerprint density at radius 1 is 1.64 bits per heavy atom. The molecule has 0 saturated heterocycles. The van der Waals surface area contributed by atoms with Crippen molar-refractivity contribution in [2.24, 2.45) is 0 Å². The third kappa shape index (κ3) is 2.05. The molecule has 1 aromatic heterocycles. The molecule has 0 unspecified atom stereocenters. The van der Waals surface area contributed by atoms with Gasteiger partial charge in [0.15, 0.2) is 0 Å². The van der Waals surface area contributed by atoms with Crippen LogP contribution in [0.2, 0.25) is 0 Å². The molecule has 1 heterocycles. The van der Waals surface area contributed by atoms with Crippen molar-refractivity contribution in [2.75, 3.05) is 13.6 Å². The van der Waals surface area contributed by atoms with Crippen molar-refractivity contribution in [2.45, 2.75) is 19.9 Å². The van der Waals surface area contributed by atoms with Crippen molar-refractivity contribution in [3.8, 4) is 0 Å². The molecule has 0 bridgehead atoms. The van der Waals surface area contributed by atoms with Gasteiger partial charge in [-0.15, -0.1) is 0 Å². The third-order valence-corrected chi connectivity index (χ3v) is 1.74. The zero-order valence-electron chi connectivity index (χ0n) is 7.17. The van der Waals surface area contributed by atoms with Crippen LogP contribution in [-0.4, -0.2) is 23.1 Å². The topological polar surface area (TPSA) is 29.9 Å². The molecule has 0 radical (unpaired) electrons. The summed E-state index contributed by atoms with van der Waals surface area (Å²) in [5, 5.41) is 3.10. The fraction of sp³-hybridized carbons (Fsp3) is 0.625. The lowest BCUT2D eigenvalue weighted by Gasteiger charge is -2.02. The number of likely N-dealkylation sites (N-methyl/N-ethyl adjacent to an activating group) is 1. The van der Waals surface area contributed by atoms with E-state index in [0.717, 1.165) is 19.5 Å². The van der Waals surface area contributed by atoms with Crippen LogP contribution in [0.15, 0.2) is 12.4 Å². The van der Waals surface area contributed by atoms with Gasteiger partial charge in [-0.2, -0.15) is 0 Å². The van der Waals surface area contributed by atoms with Gasteiger partial charge in [0, 0.05) is 31.9 Å². The second-order valence-corrected chi connectivity index (χ2v) is 2.48. The summed E-state index contributed by atoms with van der Waals surface area (Å²) < 4.78 is 2.16. The quantitative estimate of drug-likeness (QED) is 0.689. The number of nitrogens with one attached hydrogen (secondary N) is 1. The zero-order valence-corrected chi connectivity index (χ0v) is 7.17. The van der Waals surface area contributed by atoms with E-state index in [0.29, 0.717) is 0 Å². The molecule has 1 aromatic rings. The van der Waals surface area contributed by atoms with Crippen LogP contribution in [0.3, 0.4) is 0 Å². The summed E-state index contributed by atoms with van der Waals surface area (Å²) >= 11 is 0. The number of imidazole rings is 1. The molecular formula is C8H15N3. The molecule has 3 nitrogen and oxygen atoms in total. The highest BCUT2D eigenvalue weighted by molar-refractivity contribution is 4.92. The normalized spacial score (nSPS) is 10.4. The number of nitrogens with zero attached hydrogens (tertiary/aromatic N) is 2. The van der Waals surface area contributed by atoms with Gasteiger partial charge in [0.05, 0.1) is 0 Å². The number of hydrogen-bond acceptors (Lipinski definition) is 2. The number of aryl methyl sites for hydroxylation is 1. The summed E-state index contributed by atoms with van der Waals surface area (Å²) in [5.41, 5.74) is 0. The van der Waals surface area contributed by atoms with Crippen LogP contribution in [0.5, 0.6) is 0 Å². The molecule has 0 fully saturated rings. The first-order valence-electron chi connectivity index (χ1n) is 4.03. The lowest BCUT2D eigenvalue weighted by Crippen LogP contribution is -2.13. The van der Waals surface area contributed by atoms with Crippen LogP contribution in [0.1, 0.15) is 12.7 Å². The van der Waals surface area contributed by atoms with Crippen molar-refractivity contribution in [1.82, 2.24) is 14.9 Å². The molecule has 0 saturated carbocycles. The number of hydrogen-bond donors (Lipinski definition) is 1. The fourth-order valence-electron chi connectivity index (χ4n) is 1.09. The predicted octanol–water partition coefficient (Wildman–Crippen LogP) is 0.665. The Kier molecular flexibility index (Phi) is 3.11. The predicted molar refractivity (Wildman–Crippen MR) is 45.5 cm³/mol. The molecule has 0 aliphatic carbocycles. The van der Waals surface area contributed by atoms with Crippen molar-refractivity contribution < 1.29 is 0 Å². The number of rotatable bonds is 4. The molecule has 62 valence electrons. The Labute approximate surface area is 67.4 Å². The van der Waals surface area contributed by atoms with E-state index in [1.54, 1.807) is 0 Å². The SMILES string of the molecule is CCn1ccnc1CCNC. The van der Waals surface area contributed by atoms with Crippen LogP contribution < -0.4 is 5.32 Å². The van der Waals surface area contributed by atoms with E-state index >= 15 is 0 Å². The minimum absolute atomic E-state index is 0.997. The van der Waals surface area contributed by atoms with Gasteiger partial charge in [0.2, 0.25) is 0 Å². The first kappa shape index (κ1) is 8.27. The smallest absolute Gasteiger partial charge is 0.109 e. The summed E-state index contributed by atoms with van der Waals surface area (Å²) in [6.45, 7) is 4.14. The van der Waals surface area contributed by atoms with E-state index in [1.807, 2.05) is 19.4 Å². The van der Waals surface area contributed by atoms with Gasteiger partial charge in [-0.3, -0.25) is 0 Å². The fourth-order valence-corrected chi connectivity index (χ4v) is 1.09. The molecule has 1 rings (SSSR count). The minimum Gasteiger partial charge on any atom is -0.335 e. The average Bonchev–Trinajstić information content (AvgIpc) is 2.47. The van der Waals surface area contributed by atoms with Crippen LogP contribution in [0, 0.1) is 0 Å². The van der Waals surface area contributed by atoms with Gasteiger partial charge in [-0.25, -0.2) is 4.98 Å². The second kappa shape index (κ2) is 4.13. The van der Waals surface area contributed by atoms with Gasteiger partial charge in [0.25, 0.3) is 0 Å². The highest BCUT2D eigenvalue weighted by Crippen LogP contribution is 1.96. The van der Waals surface area contributed by atoms with Gasteiger partial charge in [-0.05, 0) is 14.0 Å². The van der Waals surface area contributed by atoms with Crippen LogP contribution in [0.25, 0.3) is 0 Å². The van der Waals surface area contributed by atoms with Crippen LogP contribution >= 0.6 is 0 Å². The standard InChI is InChI=1S/C8H15N3/c1-3-11-7-6-10-8(11)4-5-9-2/h6-7,9H,3-5H2,1-2H3. The highest BCUT2D eigenvalue weighted by Gasteiger charge is 1.98. The Morgan fingerprint density at radius 3 is 3.09 bits per heavy atom. The summed E-state index contributed by atoms with van der Waals surface area (Å²) in [4.78, 5) is 4.25. The molecule has 0 aliphatic heterocycles. The Morgan fingerprint density at radius 2 is 2.45 bits per heavy atom. The summed E-state index contributed by atoms with van der Waals surface area (Å²) in [6, 6.07) is 0. The molecule has 0 amide bonds.